The SMILES string of the molecule is CO[C@H]1C[C@H](O[C@@H]2/C(C)=C/C[C@@H]3C[C@@H](C[C@]4(C=C[C@H](C)[C@@H](C(C)C)O4)O3)OC(=O)[C@@H]3C=C(C)[C@@H](O[Si](C)(C)C(C)(C)C)[C@H]4OC/C(=C\C=C\[C@@H]2C)[C@]43O)O[C@@H](C)/C1=N\S(=O)c1ccccc1. The number of fused-ring (bicyclic) bond motifs is 2. The minimum atomic E-state index is -2.37. The minimum absolute atomic E-state index is 0.102. The Morgan fingerprint density at radius 1 is 0.970 bits per heavy atom. The maximum absolute atomic E-state index is 14.8. The molecule has 5 aliphatic heterocycles. The van der Waals surface area contributed by atoms with Gasteiger partial charge in [-0.05, 0) is 86.2 Å². The van der Waals surface area contributed by atoms with Crippen LogP contribution in [0.2, 0.25) is 18.1 Å². The van der Waals surface area contributed by atoms with Crippen molar-refractivity contribution in [1.82, 2.24) is 0 Å². The molecular weight excluding hydrogens is 875 g/mol. The van der Waals surface area contributed by atoms with Crippen molar-refractivity contribution in [2.75, 3.05) is 13.7 Å². The molecule has 364 valence electrons. The van der Waals surface area contributed by atoms with E-state index >= 15 is 0 Å². The van der Waals surface area contributed by atoms with Crippen LogP contribution in [0, 0.1) is 23.7 Å². The lowest BCUT2D eigenvalue weighted by molar-refractivity contribution is -0.299. The predicted octanol–water partition coefficient (Wildman–Crippen LogP) is 9.28. The number of allylic oxidation sites excluding steroid dienone is 2. The van der Waals surface area contributed by atoms with Gasteiger partial charge in [-0.15, -0.1) is 0 Å². The maximum atomic E-state index is 14.8. The molecule has 0 aromatic heterocycles. The van der Waals surface area contributed by atoms with E-state index in [2.05, 4.69) is 85.0 Å². The van der Waals surface area contributed by atoms with Gasteiger partial charge in [0.2, 0.25) is 0 Å². The number of carbonyl (C=O) groups excluding carboxylic acids is 1. The molecule has 0 radical (unpaired) electrons. The van der Waals surface area contributed by atoms with Crippen LogP contribution in [0.3, 0.4) is 0 Å². The predicted molar refractivity (Wildman–Crippen MR) is 258 cm³/mol. The Balaban J connectivity index is 1.25. The molecule has 14 heteroatoms. The highest BCUT2D eigenvalue weighted by molar-refractivity contribution is 7.83. The number of hydrogen-bond donors (Lipinski definition) is 1. The van der Waals surface area contributed by atoms with E-state index in [0.29, 0.717) is 41.9 Å². The van der Waals surface area contributed by atoms with Gasteiger partial charge in [0.25, 0.3) is 0 Å². The molecule has 12 nitrogen and oxygen atoms in total. The highest BCUT2D eigenvalue weighted by atomic mass is 32.2. The summed E-state index contributed by atoms with van der Waals surface area (Å²) in [6.45, 7) is 25.5. The van der Waals surface area contributed by atoms with E-state index in [-0.39, 0.29) is 41.6 Å². The zero-order valence-electron chi connectivity index (χ0n) is 41.4. The summed E-state index contributed by atoms with van der Waals surface area (Å²) in [5.41, 5.74) is 1.20. The first-order valence-electron chi connectivity index (χ1n) is 23.9. The number of methoxy groups -OCH3 is 1. The number of carbonyl (C=O) groups is 1. The third kappa shape index (κ3) is 10.6. The van der Waals surface area contributed by atoms with Gasteiger partial charge in [-0.2, -0.15) is 4.40 Å². The van der Waals surface area contributed by atoms with Crippen LogP contribution in [0.5, 0.6) is 0 Å². The van der Waals surface area contributed by atoms with Gasteiger partial charge in [-0.1, -0.05) is 103 Å². The second-order valence-corrected chi connectivity index (χ2v) is 27.2. The number of hydrogen-bond acceptors (Lipinski definition) is 11. The van der Waals surface area contributed by atoms with E-state index in [0.717, 1.165) is 11.1 Å². The van der Waals surface area contributed by atoms with Crippen molar-refractivity contribution >= 4 is 31.0 Å². The molecular formula is C52H75NO11SSi. The molecule has 1 aliphatic carbocycles. The monoisotopic (exact) mass is 949 g/mol. The number of ether oxygens (including phenoxy) is 7. The van der Waals surface area contributed by atoms with Gasteiger partial charge in [-0.25, -0.2) is 4.21 Å². The largest absolute Gasteiger partial charge is 0.462 e. The van der Waals surface area contributed by atoms with Gasteiger partial charge in [-0.3, -0.25) is 4.79 Å². The van der Waals surface area contributed by atoms with Crippen LogP contribution in [0.4, 0.5) is 0 Å². The number of rotatable bonds is 8. The van der Waals surface area contributed by atoms with E-state index in [1.807, 2.05) is 62.4 Å². The summed E-state index contributed by atoms with van der Waals surface area (Å²) in [5, 5.41) is 13.1. The Kier molecular flexibility index (Phi) is 15.6. The number of nitrogens with zero attached hydrogens (tertiary/aromatic N) is 1. The first kappa shape index (κ1) is 51.0. The minimum Gasteiger partial charge on any atom is -0.462 e. The molecule has 7 rings (SSSR count). The van der Waals surface area contributed by atoms with Crippen molar-refractivity contribution < 1.29 is 51.7 Å². The zero-order valence-corrected chi connectivity index (χ0v) is 43.2. The summed E-state index contributed by atoms with van der Waals surface area (Å²) in [5.74, 6) is -2.47. The van der Waals surface area contributed by atoms with Crippen molar-refractivity contribution in [2.45, 2.75) is 184 Å². The van der Waals surface area contributed by atoms with Crippen LogP contribution >= 0.6 is 0 Å². The molecule has 0 amide bonds. The molecule has 66 heavy (non-hydrogen) atoms. The van der Waals surface area contributed by atoms with Gasteiger partial charge >= 0.3 is 5.97 Å². The fourth-order valence-electron chi connectivity index (χ4n) is 10.1. The molecule has 0 saturated carbocycles. The quantitative estimate of drug-likeness (QED) is 0.152. The lowest BCUT2D eigenvalue weighted by atomic mass is 9.71. The normalized spacial score (nSPS) is 41.0. The summed E-state index contributed by atoms with van der Waals surface area (Å²) < 4.78 is 71.1. The van der Waals surface area contributed by atoms with Crippen LogP contribution in [0.25, 0.3) is 0 Å². The molecule has 2 bridgehead atoms. The molecule has 1 aromatic rings. The molecule has 1 aromatic carbocycles. The van der Waals surface area contributed by atoms with Gasteiger partial charge in [0.1, 0.15) is 29.8 Å². The van der Waals surface area contributed by atoms with Gasteiger partial charge in [0.05, 0.1) is 47.7 Å². The molecule has 3 saturated heterocycles. The molecule has 6 aliphatic rings. The second-order valence-electron chi connectivity index (χ2n) is 21.3. The van der Waals surface area contributed by atoms with Crippen molar-refractivity contribution in [2.24, 2.45) is 28.1 Å². The molecule has 1 spiro atoms. The van der Waals surface area contributed by atoms with E-state index in [9.17, 15) is 14.1 Å². The Bertz CT molecular complexity index is 2130. The van der Waals surface area contributed by atoms with Crippen molar-refractivity contribution in [3.05, 3.63) is 89.6 Å². The summed E-state index contributed by atoms with van der Waals surface area (Å²) >= 11 is 0. The van der Waals surface area contributed by atoms with Crippen LogP contribution in [-0.4, -0.2) is 110 Å². The summed E-state index contributed by atoms with van der Waals surface area (Å²) in [7, 11) is -2.38. The van der Waals surface area contributed by atoms with Crippen LogP contribution < -0.4 is 0 Å². The average molecular weight is 950 g/mol. The van der Waals surface area contributed by atoms with E-state index in [4.69, 9.17) is 37.6 Å². The third-order valence-corrected chi connectivity index (χ3v) is 20.4. The number of esters is 1. The fourth-order valence-corrected chi connectivity index (χ4v) is 12.3. The topological polar surface area (TPSA) is 141 Å². The third-order valence-electron chi connectivity index (χ3n) is 14.9. The molecule has 1 N–H and O–H groups in total. The standard InChI is InChI=1S/C52H75NO11SSi/c1-31(2)45-34(5)24-25-51(63-45)29-39-27-38(62-51)23-22-33(4)46(61-43-28-42(57-11)44(36(7)59-43)53-65(56)40-20-15-14-16-21-40)32(3)18-17-19-37-30-58-48-47(64-66(12,13)50(8,9)10)35(6)26-41(49(54)60-39)52(37,48)55/h14-22,24-26,31-32,34,36,38-39,41-43,45-48,55H,23,27-30H2,1-13H3/b18-17+,33-22+,37-19+,53-44+/t32-,34-,36-,38+,39-,41-,42-,43-,45+,46-,47+,48+,51+,52+,65?/m0/s1. The highest BCUT2D eigenvalue weighted by Gasteiger charge is 2.61. The Labute approximate surface area is 397 Å². The molecule has 5 heterocycles. The smallest absolute Gasteiger partial charge is 0.316 e. The second kappa shape index (κ2) is 20.2. The van der Waals surface area contributed by atoms with Gasteiger partial charge in [0.15, 0.2) is 31.4 Å². The first-order valence-corrected chi connectivity index (χ1v) is 28.0. The van der Waals surface area contributed by atoms with Crippen molar-refractivity contribution in [1.29, 1.82) is 0 Å². The molecule has 1 unspecified atom stereocenters. The van der Waals surface area contributed by atoms with E-state index in [1.54, 1.807) is 19.2 Å². The van der Waals surface area contributed by atoms with Gasteiger partial charge < -0.3 is 42.7 Å². The van der Waals surface area contributed by atoms with Gasteiger partial charge in [0, 0.05) is 38.2 Å². The Morgan fingerprint density at radius 3 is 2.38 bits per heavy atom. The number of aliphatic hydroxyl groups is 1. The van der Waals surface area contributed by atoms with Crippen LogP contribution in [0.15, 0.2) is 98.9 Å². The maximum Gasteiger partial charge on any atom is 0.316 e. The Hall–Kier alpha value is -2.89. The van der Waals surface area contributed by atoms with Crippen molar-refractivity contribution in [3.8, 4) is 0 Å². The lowest BCUT2D eigenvalue weighted by Crippen LogP contribution is -2.60. The van der Waals surface area contributed by atoms with Crippen molar-refractivity contribution in [3.63, 3.8) is 0 Å². The average Bonchev–Trinajstić information content (AvgIpc) is 3.59. The van der Waals surface area contributed by atoms with E-state index in [1.165, 1.54) is 0 Å². The van der Waals surface area contributed by atoms with E-state index < -0.39 is 85.5 Å². The summed E-state index contributed by atoms with van der Waals surface area (Å²) in [6, 6.07) is 9.13. The summed E-state index contributed by atoms with van der Waals surface area (Å²) in [4.78, 5) is 15.4. The fraction of sp³-hybridized carbons (Fsp3) is 0.654. The number of benzene rings is 1. The van der Waals surface area contributed by atoms with Crippen LogP contribution in [0.1, 0.15) is 94.9 Å². The molecule has 3 fully saturated rings. The Morgan fingerprint density at radius 2 is 1.70 bits per heavy atom. The summed E-state index contributed by atoms with van der Waals surface area (Å²) in [6.07, 6.45) is 11.0. The lowest BCUT2D eigenvalue weighted by Gasteiger charge is -2.49. The first-order chi connectivity index (χ1) is 31.1. The van der Waals surface area contributed by atoms with Crippen LogP contribution in [-0.2, 0) is 53.4 Å². The molecule has 15 atom stereocenters. The highest BCUT2D eigenvalue weighted by Crippen LogP contribution is 2.50. The zero-order chi connectivity index (χ0) is 47.9.